The zero-order valence-corrected chi connectivity index (χ0v) is 11.3. The molecule has 4 heteroatoms. The number of nitrogens with one attached hydrogen (secondary N) is 1. The number of benzene rings is 1. The van der Waals surface area contributed by atoms with E-state index in [9.17, 15) is 14.7 Å². The minimum atomic E-state index is -0.885. The maximum Gasteiger partial charge on any atom is 0.311 e. The van der Waals surface area contributed by atoms with Gasteiger partial charge in [-0.25, -0.2) is 0 Å². The first-order chi connectivity index (χ1) is 9.52. The second kappa shape index (κ2) is 5.79. The van der Waals surface area contributed by atoms with Gasteiger partial charge in [0.15, 0.2) is 0 Å². The molecular formula is C16H17NO3. The lowest BCUT2D eigenvalue weighted by atomic mass is 9.85. The number of hydrogen-bond acceptors (Lipinski definition) is 2. The van der Waals surface area contributed by atoms with Gasteiger partial charge in [0.1, 0.15) is 0 Å². The van der Waals surface area contributed by atoms with Crippen molar-refractivity contribution in [1.29, 1.82) is 0 Å². The summed E-state index contributed by atoms with van der Waals surface area (Å²) in [5, 5.41) is 12.0. The van der Waals surface area contributed by atoms with Crippen molar-refractivity contribution in [2.24, 2.45) is 5.41 Å². The first kappa shape index (κ1) is 14.1. The predicted octanol–water partition coefficient (Wildman–Crippen LogP) is 1.80. The molecular weight excluding hydrogens is 254 g/mol. The molecule has 1 amide bonds. The van der Waals surface area contributed by atoms with Gasteiger partial charge in [-0.2, -0.15) is 0 Å². The van der Waals surface area contributed by atoms with E-state index in [1.54, 1.807) is 6.92 Å². The maximum absolute atomic E-state index is 11.8. The highest BCUT2D eigenvalue weighted by atomic mass is 16.4. The summed E-state index contributed by atoms with van der Waals surface area (Å²) in [6.45, 7) is 1.68. The van der Waals surface area contributed by atoms with E-state index in [1.807, 2.05) is 30.3 Å². The zero-order chi connectivity index (χ0) is 14.6. The van der Waals surface area contributed by atoms with Crippen molar-refractivity contribution < 1.29 is 14.7 Å². The normalized spacial score (nSPS) is 24.6. The predicted molar refractivity (Wildman–Crippen MR) is 74.8 cm³/mol. The largest absolute Gasteiger partial charge is 0.481 e. The molecule has 0 bridgehead atoms. The Bertz CT molecular complexity index is 570. The van der Waals surface area contributed by atoms with E-state index in [0.717, 1.165) is 12.0 Å². The highest BCUT2D eigenvalue weighted by molar-refractivity contribution is 5.94. The standard InChI is InChI=1S/C16H17NO3/c1-16(15(19)20)11-5-8-13(16)17-14(18)10-9-12-6-3-2-4-7-12/h2-4,6-7,13H,5,8,11H2,1H3,(H,17,18)(H,19,20). The van der Waals surface area contributed by atoms with Crippen LogP contribution in [0.5, 0.6) is 0 Å². The van der Waals surface area contributed by atoms with Gasteiger partial charge in [-0.3, -0.25) is 9.59 Å². The fourth-order valence-electron chi connectivity index (χ4n) is 2.50. The number of carboxylic acids is 1. The topological polar surface area (TPSA) is 66.4 Å². The van der Waals surface area contributed by atoms with Gasteiger partial charge in [0, 0.05) is 17.5 Å². The van der Waals surface area contributed by atoms with Crippen molar-refractivity contribution >= 4 is 11.9 Å². The average molecular weight is 271 g/mol. The van der Waals surface area contributed by atoms with Crippen LogP contribution in [0, 0.1) is 17.3 Å². The third-order valence-electron chi connectivity index (χ3n) is 3.85. The maximum atomic E-state index is 11.8. The van der Waals surface area contributed by atoms with Crippen LogP contribution in [0.1, 0.15) is 31.7 Å². The van der Waals surface area contributed by atoms with Crippen LogP contribution in [0.25, 0.3) is 0 Å². The number of aliphatic carboxylic acids is 1. The second-order valence-electron chi connectivity index (χ2n) is 5.26. The fraction of sp³-hybridized carbons (Fsp3) is 0.375. The number of rotatable bonds is 2. The summed E-state index contributed by atoms with van der Waals surface area (Å²) >= 11 is 0. The van der Waals surface area contributed by atoms with Crippen LogP contribution in [-0.2, 0) is 9.59 Å². The molecule has 0 radical (unpaired) electrons. The molecule has 1 aliphatic rings. The minimum Gasteiger partial charge on any atom is -0.481 e. The Labute approximate surface area is 118 Å². The van der Waals surface area contributed by atoms with E-state index in [1.165, 1.54) is 0 Å². The third-order valence-corrected chi connectivity index (χ3v) is 3.85. The number of amides is 1. The van der Waals surface area contributed by atoms with Crippen molar-refractivity contribution in [3.8, 4) is 11.8 Å². The molecule has 0 aliphatic heterocycles. The quantitative estimate of drug-likeness (QED) is 0.806. The van der Waals surface area contributed by atoms with Crippen molar-refractivity contribution in [3.63, 3.8) is 0 Å². The van der Waals surface area contributed by atoms with Crippen LogP contribution < -0.4 is 5.32 Å². The lowest BCUT2D eigenvalue weighted by molar-refractivity contribution is -0.148. The number of carboxylic acid groups (broad SMARTS) is 1. The van der Waals surface area contributed by atoms with Gasteiger partial charge in [0.05, 0.1) is 5.41 Å². The van der Waals surface area contributed by atoms with Crippen molar-refractivity contribution in [3.05, 3.63) is 35.9 Å². The fourth-order valence-corrected chi connectivity index (χ4v) is 2.50. The molecule has 104 valence electrons. The van der Waals surface area contributed by atoms with Crippen LogP contribution in [-0.4, -0.2) is 23.0 Å². The molecule has 4 nitrogen and oxygen atoms in total. The molecule has 1 aliphatic carbocycles. The highest BCUT2D eigenvalue weighted by Crippen LogP contribution is 2.38. The average Bonchev–Trinajstić information content (AvgIpc) is 2.80. The molecule has 1 aromatic carbocycles. The molecule has 0 saturated heterocycles. The van der Waals surface area contributed by atoms with Gasteiger partial charge >= 0.3 is 5.97 Å². The van der Waals surface area contributed by atoms with Gasteiger partial charge in [0.25, 0.3) is 5.91 Å². The van der Waals surface area contributed by atoms with E-state index < -0.39 is 17.3 Å². The minimum absolute atomic E-state index is 0.349. The van der Waals surface area contributed by atoms with Crippen molar-refractivity contribution in [2.75, 3.05) is 0 Å². The molecule has 1 aromatic rings. The van der Waals surface area contributed by atoms with Crippen LogP contribution >= 0.6 is 0 Å². The summed E-state index contributed by atoms with van der Waals surface area (Å²) in [6.07, 6.45) is 2.07. The lowest BCUT2D eigenvalue weighted by Gasteiger charge is -2.26. The third kappa shape index (κ3) is 3.00. The lowest BCUT2D eigenvalue weighted by Crippen LogP contribution is -2.46. The van der Waals surface area contributed by atoms with E-state index in [2.05, 4.69) is 17.2 Å². The zero-order valence-electron chi connectivity index (χ0n) is 11.3. The van der Waals surface area contributed by atoms with Crippen molar-refractivity contribution in [2.45, 2.75) is 32.2 Å². The number of carbonyl (C=O) groups is 2. The Balaban J connectivity index is 2.02. The molecule has 0 heterocycles. The SMILES string of the molecule is CC1(C(=O)O)CCCC1NC(=O)C#Cc1ccccc1. The second-order valence-corrected chi connectivity index (χ2v) is 5.26. The molecule has 2 atom stereocenters. The van der Waals surface area contributed by atoms with E-state index in [-0.39, 0.29) is 6.04 Å². The Morgan fingerprint density at radius 3 is 2.70 bits per heavy atom. The van der Waals surface area contributed by atoms with Crippen molar-refractivity contribution in [1.82, 2.24) is 5.32 Å². The Morgan fingerprint density at radius 2 is 2.05 bits per heavy atom. The molecule has 2 rings (SSSR count). The van der Waals surface area contributed by atoms with Crippen LogP contribution in [0.15, 0.2) is 30.3 Å². The van der Waals surface area contributed by atoms with E-state index >= 15 is 0 Å². The summed E-state index contributed by atoms with van der Waals surface area (Å²) in [7, 11) is 0. The summed E-state index contributed by atoms with van der Waals surface area (Å²) in [5.41, 5.74) is -0.126. The number of hydrogen-bond donors (Lipinski definition) is 2. The first-order valence-electron chi connectivity index (χ1n) is 6.63. The van der Waals surface area contributed by atoms with Gasteiger partial charge in [-0.15, -0.1) is 0 Å². The molecule has 1 fully saturated rings. The van der Waals surface area contributed by atoms with E-state index in [4.69, 9.17) is 0 Å². The monoisotopic (exact) mass is 271 g/mol. The van der Waals surface area contributed by atoms with Gasteiger partial charge in [-0.1, -0.05) is 30.5 Å². The van der Waals surface area contributed by atoms with Crippen LogP contribution in [0.3, 0.4) is 0 Å². The smallest absolute Gasteiger partial charge is 0.311 e. The molecule has 2 unspecified atom stereocenters. The summed E-state index contributed by atoms with van der Waals surface area (Å²) < 4.78 is 0. The van der Waals surface area contributed by atoms with Gasteiger partial charge in [-0.05, 0) is 31.9 Å². The van der Waals surface area contributed by atoms with Crippen LogP contribution in [0.2, 0.25) is 0 Å². The summed E-state index contributed by atoms with van der Waals surface area (Å²) in [5.74, 6) is 3.99. The Morgan fingerprint density at radius 1 is 1.35 bits per heavy atom. The molecule has 2 N–H and O–H groups in total. The molecule has 0 aromatic heterocycles. The molecule has 0 spiro atoms. The Kier molecular flexibility index (Phi) is 4.09. The van der Waals surface area contributed by atoms with Gasteiger partial charge in [0.2, 0.25) is 0 Å². The van der Waals surface area contributed by atoms with E-state index in [0.29, 0.717) is 12.8 Å². The highest BCUT2D eigenvalue weighted by Gasteiger charge is 2.45. The number of carbonyl (C=O) groups excluding carboxylic acids is 1. The Hall–Kier alpha value is -2.28. The molecule has 1 saturated carbocycles. The van der Waals surface area contributed by atoms with Gasteiger partial charge < -0.3 is 10.4 Å². The van der Waals surface area contributed by atoms with Crippen LogP contribution in [0.4, 0.5) is 0 Å². The molecule has 20 heavy (non-hydrogen) atoms. The summed E-state index contributed by atoms with van der Waals surface area (Å²) in [6, 6.07) is 8.86. The summed E-state index contributed by atoms with van der Waals surface area (Å²) in [4.78, 5) is 23.1. The first-order valence-corrected chi connectivity index (χ1v) is 6.63.